The van der Waals surface area contributed by atoms with Crippen LogP contribution in [-0.2, 0) is 6.42 Å². The third kappa shape index (κ3) is 3.36. The van der Waals surface area contributed by atoms with E-state index in [1.807, 2.05) is 6.07 Å². The summed E-state index contributed by atoms with van der Waals surface area (Å²) in [6, 6.07) is 10.4. The number of carboxylic acid groups (broad SMARTS) is 1. The second-order valence-corrected chi connectivity index (χ2v) is 6.34. The van der Waals surface area contributed by atoms with Crippen LogP contribution in [-0.4, -0.2) is 52.5 Å². The van der Waals surface area contributed by atoms with E-state index in [4.69, 9.17) is 5.11 Å². The van der Waals surface area contributed by atoms with Crippen LogP contribution in [0.1, 0.15) is 18.4 Å². The third-order valence-corrected chi connectivity index (χ3v) is 4.66. The summed E-state index contributed by atoms with van der Waals surface area (Å²) in [5.41, 5.74) is 1.47. The first-order valence-corrected chi connectivity index (χ1v) is 7.53. The Morgan fingerprint density at radius 3 is 2.57 bits per heavy atom. The summed E-state index contributed by atoms with van der Waals surface area (Å²) < 4.78 is 0. The Labute approximate surface area is 124 Å². The number of amides is 1. The van der Waals surface area contributed by atoms with Crippen molar-refractivity contribution < 1.29 is 15.0 Å². The highest BCUT2D eigenvalue weighted by Crippen LogP contribution is 2.39. The third-order valence-electron chi connectivity index (χ3n) is 4.66. The van der Waals surface area contributed by atoms with E-state index < -0.39 is 12.2 Å². The van der Waals surface area contributed by atoms with E-state index in [0.29, 0.717) is 13.1 Å². The van der Waals surface area contributed by atoms with Gasteiger partial charge in [-0.3, -0.25) is 0 Å². The molecule has 1 heterocycles. The van der Waals surface area contributed by atoms with E-state index in [0.717, 1.165) is 19.3 Å². The van der Waals surface area contributed by atoms with Crippen molar-refractivity contribution in [2.24, 2.45) is 5.92 Å². The smallest absolute Gasteiger partial charge is 0.407 e. The molecule has 2 aliphatic rings. The van der Waals surface area contributed by atoms with E-state index >= 15 is 0 Å². The second kappa shape index (κ2) is 5.66. The van der Waals surface area contributed by atoms with E-state index in [9.17, 15) is 9.90 Å². The Hall–Kier alpha value is -1.59. The summed E-state index contributed by atoms with van der Waals surface area (Å²) in [5.74, 6) is -0.00523. The highest BCUT2D eigenvalue weighted by molar-refractivity contribution is 5.65. The summed E-state index contributed by atoms with van der Waals surface area (Å²) in [4.78, 5) is 12.2. The van der Waals surface area contributed by atoms with Crippen LogP contribution in [0.5, 0.6) is 0 Å². The monoisotopic (exact) mass is 290 g/mol. The van der Waals surface area contributed by atoms with Crippen LogP contribution in [0, 0.1) is 5.92 Å². The molecule has 3 N–H and O–H groups in total. The van der Waals surface area contributed by atoms with Crippen LogP contribution in [0.3, 0.4) is 0 Å². The maximum atomic E-state index is 10.9. The molecule has 1 aromatic rings. The molecule has 0 aromatic heterocycles. The van der Waals surface area contributed by atoms with E-state index in [1.165, 1.54) is 10.5 Å². The maximum Gasteiger partial charge on any atom is 0.407 e. The summed E-state index contributed by atoms with van der Waals surface area (Å²) >= 11 is 0. The zero-order valence-electron chi connectivity index (χ0n) is 12.0. The van der Waals surface area contributed by atoms with Crippen molar-refractivity contribution in [2.75, 3.05) is 19.6 Å². The largest absolute Gasteiger partial charge is 0.465 e. The average molecular weight is 290 g/mol. The van der Waals surface area contributed by atoms with Crippen molar-refractivity contribution in [3.05, 3.63) is 35.9 Å². The zero-order valence-corrected chi connectivity index (χ0v) is 12.0. The highest BCUT2D eigenvalue weighted by Gasteiger charge is 2.43. The molecule has 1 aliphatic carbocycles. The van der Waals surface area contributed by atoms with Crippen molar-refractivity contribution in [1.82, 2.24) is 10.2 Å². The number of hydrogen-bond donors (Lipinski definition) is 3. The van der Waals surface area contributed by atoms with Gasteiger partial charge in [-0.15, -0.1) is 0 Å². The van der Waals surface area contributed by atoms with Crippen LogP contribution >= 0.6 is 0 Å². The predicted molar refractivity (Wildman–Crippen MR) is 79.2 cm³/mol. The summed E-state index contributed by atoms with van der Waals surface area (Å²) in [5, 5.41) is 22.5. The molecule has 3 rings (SSSR count). The average Bonchev–Trinajstić information content (AvgIpc) is 3.12. The minimum atomic E-state index is -0.943. The second-order valence-electron chi connectivity index (χ2n) is 6.34. The van der Waals surface area contributed by atoms with Gasteiger partial charge >= 0.3 is 6.09 Å². The van der Waals surface area contributed by atoms with E-state index in [1.54, 1.807) is 0 Å². The number of β-amino-alcohol motifs (C(OH)–C–C–N with tert-alkyl or cyclic N) is 1. The van der Waals surface area contributed by atoms with Gasteiger partial charge in [0.2, 0.25) is 0 Å². The van der Waals surface area contributed by atoms with Gasteiger partial charge in [-0.25, -0.2) is 4.79 Å². The molecule has 5 nitrogen and oxygen atoms in total. The highest BCUT2D eigenvalue weighted by atomic mass is 16.4. The summed E-state index contributed by atoms with van der Waals surface area (Å²) in [7, 11) is 0. The fourth-order valence-electron chi connectivity index (χ4n) is 3.11. The maximum absolute atomic E-state index is 10.9. The van der Waals surface area contributed by atoms with Gasteiger partial charge in [-0.1, -0.05) is 30.3 Å². The lowest BCUT2D eigenvalue weighted by Crippen LogP contribution is -2.40. The number of aliphatic hydroxyl groups excluding tert-OH is 1. The fraction of sp³-hybridized carbons (Fsp3) is 0.562. The van der Waals surface area contributed by atoms with Crippen LogP contribution in [0.15, 0.2) is 30.3 Å². The molecule has 2 fully saturated rings. The van der Waals surface area contributed by atoms with Crippen molar-refractivity contribution in [3.8, 4) is 0 Å². The first-order valence-electron chi connectivity index (χ1n) is 7.53. The molecule has 1 amide bonds. The lowest BCUT2D eigenvalue weighted by molar-refractivity contribution is 0.130. The quantitative estimate of drug-likeness (QED) is 0.765. The Morgan fingerprint density at radius 1 is 1.29 bits per heavy atom. The SMILES string of the molecule is O=C(O)N1C[C@@H](CNC2(Cc3ccccc3)CC2)[C@H](O)C1. The minimum Gasteiger partial charge on any atom is -0.465 e. The first-order chi connectivity index (χ1) is 10.1. The van der Waals surface area contributed by atoms with E-state index in [2.05, 4.69) is 29.6 Å². The standard InChI is InChI=1S/C16H22N2O3/c19-14-11-18(15(20)21)10-13(14)9-17-16(6-7-16)8-12-4-2-1-3-5-12/h1-5,13-14,17,19H,6-11H2,(H,20,21)/t13-,14-/m1/s1. The number of benzene rings is 1. The molecule has 0 unspecified atom stereocenters. The predicted octanol–water partition coefficient (Wildman–Crippen LogP) is 1.32. The van der Waals surface area contributed by atoms with Crippen LogP contribution in [0.4, 0.5) is 4.79 Å². The molecule has 0 bridgehead atoms. The lowest BCUT2D eigenvalue weighted by atomic mass is 10.0. The number of hydrogen-bond acceptors (Lipinski definition) is 3. The topological polar surface area (TPSA) is 72.8 Å². The van der Waals surface area contributed by atoms with Gasteiger partial charge in [0.15, 0.2) is 0 Å². The van der Waals surface area contributed by atoms with Crippen molar-refractivity contribution in [3.63, 3.8) is 0 Å². The first kappa shape index (κ1) is 14.4. The van der Waals surface area contributed by atoms with Gasteiger partial charge < -0.3 is 20.4 Å². The molecule has 1 aliphatic heterocycles. The van der Waals surface area contributed by atoms with Gasteiger partial charge in [0, 0.05) is 24.5 Å². The zero-order chi connectivity index (χ0) is 14.9. The Kier molecular flexibility index (Phi) is 3.87. The van der Waals surface area contributed by atoms with Gasteiger partial charge in [0.25, 0.3) is 0 Å². The molecule has 1 saturated carbocycles. The minimum absolute atomic E-state index is 0.00523. The molecule has 114 valence electrons. The molecule has 0 spiro atoms. The van der Waals surface area contributed by atoms with Crippen molar-refractivity contribution in [1.29, 1.82) is 0 Å². The Bertz CT molecular complexity index is 502. The van der Waals surface area contributed by atoms with Gasteiger partial charge in [0.1, 0.15) is 0 Å². The lowest BCUT2D eigenvalue weighted by Gasteiger charge is -2.21. The Balaban J connectivity index is 1.52. The van der Waals surface area contributed by atoms with Gasteiger partial charge in [-0.05, 0) is 24.8 Å². The van der Waals surface area contributed by atoms with Gasteiger partial charge in [0.05, 0.1) is 12.6 Å². The van der Waals surface area contributed by atoms with Crippen molar-refractivity contribution >= 4 is 6.09 Å². The molecule has 1 aromatic carbocycles. The number of aliphatic hydroxyl groups is 1. The number of rotatable bonds is 5. The Morgan fingerprint density at radius 2 is 2.00 bits per heavy atom. The van der Waals surface area contributed by atoms with Crippen molar-refractivity contribution in [2.45, 2.75) is 30.9 Å². The van der Waals surface area contributed by atoms with Gasteiger partial charge in [-0.2, -0.15) is 0 Å². The molecule has 5 heteroatoms. The fourth-order valence-corrected chi connectivity index (χ4v) is 3.11. The van der Waals surface area contributed by atoms with E-state index in [-0.39, 0.29) is 18.0 Å². The molecule has 21 heavy (non-hydrogen) atoms. The number of carbonyl (C=O) groups is 1. The van der Waals surface area contributed by atoms with Crippen LogP contribution in [0.2, 0.25) is 0 Å². The van der Waals surface area contributed by atoms with Crippen LogP contribution in [0.25, 0.3) is 0 Å². The summed E-state index contributed by atoms with van der Waals surface area (Å²) in [6.45, 7) is 1.33. The molecular formula is C16H22N2O3. The normalized spacial score (nSPS) is 26.8. The number of nitrogens with zero attached hydrogens (tertiary/aromatic N) is 1. The molecule has 0 radical (unpaired) electrons. The molecular weight excluding hydrogens is 268 g/mol. The molecule has 2 atom stereocenters. The number of nitrogens with one attached hydrogen (secondary N) is 1. The summed E-state index contributed by atoms with van der Waals surface area (Å²) in [6.07, 6.45) is 1.79. The van der Waals surface area contributed by atoms with Crippen LogP contribution < -0.4 is 5.32 Å². The number of likely N-dealkylation sites (tertiary alicyclic amines) is 1. The molecule has 1 saturated heterocycles.